The van der Waals surface area contributed by atoms with Crippen molar-refractivity contribution in [1.29, 1.82) is 0 Å². The van der Waals surface area contributed by atoms with Gasteiger partial charge >= 0.3 is 0 Å². The van der Waals surface area contributed by atoms with Crippen LogP contribution >= 0.6 is 0 Å². The first-order valence-corrected chi connectivity index (χ1v) is 7.33. The van der Waals surface area contributed by atoms with Crippen molar-refractivity contribution < 1.29 is 4.79 Å². The van der Waals surface area contributed by atoms with E-state index in [-0.39, 0.29) is 11.7 Å². The number of hydrogen-bond acceptors (Lipinski definition) is 2. The van der Waals surface area contributed by atoms with E-state index in [1.807, 2.05) is 18.2 Å². The second kappa shape index (κ2) is 4.64. The molecule has 1 N–H and O–H groups in total. The molecule has 3 heteroatoms. The summed E-state index contributed by atoms with van der Waals surface area (Å²) >= 11 is 0. The summed E-state index contributed by atoms with van der Waals surface area (Å²) in [7, 11) is 0. The summed E-state index contributed by atoms with van der Waals surface area (Å²) in [5.41, 5.74) is 0.963. The number of benzene rings is 1. The molecule has 1 spiro atoms. The van der Waals surface area contributed by atoms with Gasteiger partial charge in [0.05, 0.1) is 0 Å². The van der Waals surface area contributed by atoms with Gasteiger partial charge in [0.1, 0.15) is 11.7 Å². The molecule has 1 aliphatic heterocycles. The van der Waals surface area contributed by atoms with Gasteiger partial charge in [-0.25, -0.2) is 0 Å². The lowest BCUT2D eigenvalue weighted by molar-refractivity contribution is -0.132. The lowest BCUT2D eigenvalue weighted by atomic mass is 10.1. The van der Waals surface area contributed by atoms with Crippen LogP contribution in [0.1, 0.15) is 51.3 Å². The van der Waals surface area contributed by atoms with Crippen molar-refractivity contribution in [3.63, 3.8) is 0 Å². The van der Waals surface area contributed by atoms with E-state index >= 15 is 0 Å². The molecular formula is C16H22N2O. The fourth-order valence-electron chi connectivity index (χ4n) is 3.13. The largest absolute Gasteiger partial charge is 0.319 e. The van der Waals surface area contributed by atoms with Gasteiger partial charge in [-0.05, 0) is 31.7 Å². The Morgan fingerprint density at radius 3 is 2.63 bits per heavy atom. The molecule has 0 radical (unpaired) electrons. The summed E-state index contributed by atoms with van der Waals surface area (Å²) in [5.74, 6) is 0.308. The van der Waals surface area contributed by atoms with Crippen molar-refractivity contribution in [1.82, 2.24) is 10.2 Å². The Labute approximate surface area is 115 Å². The van der Waals surface area contributed by atoms with Gasteiger partial charge in [0.15, 0.2) is 0 Å². The minimum Gasteiger partial charge on any atom is -0.319 e. The van der Waals surface area contributed by atoms with Crippen molar-refractivity contribution >= 4 is 5.91 Å². The molecule has 1 heterocycles. The summed E-state index contributed by atoms with van der Waals surface area (Å²) < 4.78 is 0. The molecule has 2 fully saturated rings. The Morgan fingerprint density at radius 1 is 1.37 bits per heavy atom. The maximum absolute atomic E-state index is 12.7. The van der Waals surface area contributed by atoms with Crippen molar-refractivity contribution in [2.45, 2.75) is 57.3 Å². The van der Waals surface area contributed by atoms with E-state index < -0.39 is 0 Å². The SMILES string of the molecule is CCCC(C)N1C(=O)C2(CC2)NC1c1ccccc1. The highest BCUT2D eigenvalue weighted by Gasteiger charge is 2.59. The molecule has 2 aliphatic rings. The Morgan fingerprint density at radius 2 is 2.05 bits per heavy atom. The van der Waals surface area contributed by atoms with E-state index in [1.54, 1.807) is 0 Å². The van der Waals surface area contributed by atoms with Gasteiger partial charge in [0.25, 0.3) is 0 Å². The van der Waals surface area contributed by atoms with E-state index in [9.17, 15) is 4.79 Å². The van der Waals surface area contributed by atoms with Crippen LogP contribution in [0.2, 0.25) is 0 Å². The van der Waals surface area contributed by atoms with Crippen molar-refractivity contribution in [2.75, 3.05) is 0 Å². The van der Waals surface area contributed by atoms with Gasteiger partial charge in [-0.2, -0.15) is 0 Å². The highest BCUT2D eigenvalue weighted by Crippen LogP contribution is 2.46. The monoisotopic (exact) mass is 258 g/mol. The molecule has 1 aromatic rings. The average Bonchev–Trinajstić information content (AvgIpc) is 3.13. The summed E-state index contributed by atoms with van der Waals surface area (Å²) in [4.78, 5) is 14.7. The zero-order chi connectivity index (χ0) is 13.5. The third-order valence-corrected chi connectivity index (χ3v) is 4.38. The summed E-state index contributed by atoms with van der Waals surface area (Å²) in [6.45, 7) is 4.34. The Bertz CT molecular complexity index is 467. The Hall–Kier alpha value is -1.35. The number of carbonyl (C=O) groups excluding carboxylic acids is 1. The van der Waals surface area contributed by atoms with Gasteiger partial charge in [0.2, 0.25) is 5.91 Å². The molecule has 1 aliphatic carbocycles. The van der Waals surface area contributed by atoms with E-state index in [0.29, 0.717) is 11.9 Å². The number of hydrogen-bond donors (Lipinski definition) is 1. The molecule has 3 nitrogen and oxygen atoms in total. The van der Waals surface area contributed by atoms with Crippen LogP contribution in [0, 0.1) is 0 Å². The highest BCUT2D eigenvalue weighted by atomic mass is 16.2. The van der Waals surface area contributed by atoms with Crippen LogP contribution in [0.15, 0.2) is 30.3 Å². The van der Waals surface area contributed by atoms with Crippen LogP contribution in [0.4, 0.5) is 0 Å². The summed E-state index contributed by atoms with van der Waals surface area (Å²) in [5, 5.41) is 3.57. The first-order chi connectivity index (χ1) is 9.18. The second-order valence-electron chi connectivity index (χ2n) is 5.89. The summed E-state index contributed by atoms with van der Waals surface area (Å²) in [6, 6.07) is 10.6. The van der Waals surface area contributed by atoms with Gasteiger partial charge in [-0.1, -0.05) is 43.7 Å². The third kappa shape index (κ3) is 2.06. The number of rotatable bonds is 4. The van der Waals surface area contributed by atoms with Gasteiger partial charge in [0, 0.05) is 6.04 Å². The normalized spacial score (nSPS) is 25.9. The number of amides is 1. The first kappa shape index (κ1) is 12.7. The van der Waals surface area contributed by atoms with E-state index in [1.165, 1.54) is 5.56 Å². The lowest BCUT2D eigenvalue weighted by Gasteiger charge is -2.30. The predicted molar refractivity (Wildman–Crippen MR) is 75.5 cm³/mol. The van der Waals surface area contributed by atoms with E-state index in [2.05, 4.69) is 36.2 Å². The molecule has 0 aromatic heterocycles. The number of carbonyl (C=O) groups is 1. The molecule has 1 saturated heterocycles. The molecule has 1 saturated carbocycles. The minimum absolute atomic E-state index is 0.0535. The van der Waals surface area contributed by atoms with Crippen molar-refractivity contribution in [2.24, 2.45) is 0 Å². The fourth-order valence-corrected chi connectivity index (χ4v) is 3.13. The van der Waals surface area contributed by atoms with Crippen LogP contribution in [0.3, 0.4) is 0 Å². The molecular weight excluding hydrogens is 236 g/mol. The number of nitrogens with zero attached hydrogens (tertiary/aromatic N) is 1. The zero-order valence-corrected chi connectivity index (χ0v) is 11.7. The highest BCUT2D eigenvalue weighted by molar-refractivity contribution is 5.92. The number of nitrogens with one attached hydrogen (secondary N) is 1. The van der Waals surface area contributed by atoms with Gasteiger partial charge < -0.3 is 4.90 Å². The Balaban J connectivity index is 1.90. The van der Waals surface area contributed by atoms with Crippen molar-refractivity contribution in [3.8, 4) is 0 Å². The smallest absolute Gasteiger partial charge is 0.244 e. The lowest BCUT2D eigenvalue weighted by Crippen LogP contribution is -2.38. The second-order valence-corrected chi connectivity index (χ2v) is 5.89. The first-order valence-electron chi connectivity index (χ1n) is 7.33. The topological polar surface area (TPSA) is 32.3 Å². The molecule has 1 amide bonds. The van der Waals surface area contributed by atoms with Gasteiger partial charge in [-0.15, -0.1) is 0 Å². The average molecular weight is 258 g/mol. The van der Waals surface area contributed by atoms with Crippen molar-refractivity contribution in [3.05, 3.63) is 35.9 Å². The van der Waals surface area contributed by atoms with Crippen LogP contribution < -0.4 is 5.32 Å². The maximum Gasteiger partial charge on any atom is 0.244 e. The van der Waals surface area contributed by atoms with E-state index in [4.69, 9.17) is 0 Å². The maximum atomic E-state index is 12.7. The quantitative estimate of drug-likeness (QED) is 0.900. The minimum atomic E-state index is -0.234. The standard InChI is InChI=1S/C16H22N2O/c1-3-7-12(2)18-14(13-8-5-4-6-9-13)17-16(10-11-16)15(18)19/h4-6,8-9,12,14,17H,3,7,10-11H2,1-2H3. The Kier molecular flexibility index (Phi) is 3.09. The molecule has 3 rings (SSSR count). The van der Waals surface area contributed by atoms with Crippen LogP contribution in [-0.2, 0) is 4.79 Å². The summed E-state index contributed by atoms with van der Waals surface area (Å²) in [6.07, 6.45) is 4.21. The van der Waals surface area contributed by atoms with E-state index in [0.717, 1.165) is 25.7 Å². The molecule has 2 unspecified atom stereocenters. The van der Waals surface area contributed by atoms with Gasteiger partial charge in [-0.3, -0.25) is 10.1 Å². The van der Waals surface area contributed by atoms with Crippen LogP contribution in [-0.4, -0.2) is 22.4 Å². The third-order valence-electron chi connectivity index (χ3n) is 4.38. The molecule has 1 aromatic carbocycles. The molecule has 2 atom stereocenters. The fraction of sp³-hybridized carbons (Fsp3) is 0.562. The van der Waals surface area contributed by atoms with Crippen LogP contribution in [0.25, 0.3) is 0 Å². The molecule has 19 heavy (non-hydrogen) atoms. The predicted octanol–water partition coefficient (Wildman–Crippen LogP) is 2.84. The molecule has 102 valence electrons. The molecule has 0 bridgehead atoms. The van der Waals surface area contributed by atoms with Crippen LogP contribution in [0.5, 0.6) is 0 Å². The zero-order valence-electron chi connectivity index (χ0n) is 11.7.